The van der Waals surface area contributed by atoms with Crippen LogP contribution in [0.25, 0.3) is 11.0 Å². The molecule has 0 spiro atoms. The molecule has 8 nitrogen and oxygen atoms in total. The topological polar surface area (TPSA) is 101 Å². The Labute approximate surface area is 195 Å². The van der Waals surface area contributed by atoms with Gasteiger partial charge in [0, 0.05) is 10.9 Å². The fourth-order valence-electron chi connectivity index (χ4n) is 3.96. The van der Waals surface area contributed by atoms with E-state index in [1.165, 1.54) is 0 Å². The first kappa shape index (κ1) is 21.3. The van der Waals surface area contributed by atoms with Crippen LogP contribution in [0.1, 0.15) is 28.6 Å². The number of carbonyl (C=O) groups excluding carboxylic acids is 3. The molecule has 0 radical (unpaired) electrons. The van der Waals surface area contributed by atoms with E-state index in [4.69, 9.17) is 9.15 Å². The van der Waals surface area contributed by atoms with Crippen molar-refractivity contribution >= 4 is 28.8 Å². The summed E-state index contributed by atoms with van der Waals surface area (Å²) < 4.78 is 11.7. The van der Waals surface area contributed by atoms with Gasteiger partial charge in [0.15, 0.2) is 0 Å². The largest absolute Gasteiger partial charge is 0.489 e. The third-order valence-corrected chi connectivity index (χ3v) is 5.79. The van der Waals surface area contributed by atoms with Crippen LogP contribution < -0.4 is 15.5 Å². The summed E-state index contributed by atoms with van der Waals surface area (Å²) in [6.07, 6.45) is 0. The second-order valence-corrected chi connectivity index (χ2v) is 8.01. The Kier molecular flexibility index (Phi) is 5.25. The van der Waals surface area contributed by atoms with Crippen molar-refractivity contribution in [1.82, 2.24) is 15.8 Å². The summed E-state index contributed by atoms with van der Waals surface area (Å²) in [5.74, 6) is -0.739. The first-order chi connectivity index (χ1) is 16.5. The van der Waals surface area contributed by atoms with Crippen molar-refractivity contribution in [3.05, 3.63) is 102 Å². The average Bonchev–Trinajstić information content (AvgIpc) is 3.34. The second kappa shape index (κ2) is 8.40. The molecule has 1 saturated heterocycles. The number of nitrogens with zero attached hydrogens (tertiary/aromatic N) is 1. The van der Waals surface area contributed by atoms with Crippen LogP contribution in [-0.2, 0) is 16.9 Å². The molecule has 0 bridgehead atoms. The molecule has 34 heavy (non-hydrogen) atoms. The molecular weight excluding hydrogens is 434 g/mol. The van der Waals surface area contributed by atoms with Gasteiger partial charge in [-0.15, -0.1) is 0 Å². The Morgan fingerprint density at radius 3 is 2.35 bits per heavy atom. The third-order valence-electron chi connectivity index (χ3n) is 5.79. The van der Waals surface area contributed by atoms with Crippen LogP contribution in [-0.4, -0.2) is 22.9 Å². The van der Waals surface area contributed by atoms with Crippen LogP contribution in [0.2, 0.25) is 0 Å². The highest BCUT2D eigenvalue weighted by Gasteiger charge is 2.50. The summed E-state index contributed by atoms with van der Waals surface area (Å²) in [5, 5.41) is 4.05. The van der Waals surface area contributed by atoms with Crippen molar-refractivity contribution in [1.29, 1.82) is 0 Å². The van der Waals surface area contributed by atoms with Crippen LogP contribution in [0.5, 0.6) is 5.75 Å². The number of para-hydroxylation sites is 2. The maximum atomic E-state index is 13.2. The number of hydrazine groups is 1. The number of fused-ring (bicyclic) bond motifs is 1. The maximum Gasteiger partial charge on any atom is 0.344 e. The smallest absolute Gasteiger partial charge is 0.344 e. The van der Waals surface area contributed by atoms with Crippen LogP contribution in [0.4, 0.5) is 4.79 Å². The fraction of sp³-hybridized carbons (Fsp3) is 0.115. The van der Waals surface area contributed by atoms with Crippen molar-refractivity contribution < 1.29 is 23.5 Å². The predicted octanol–water partition coefficient (Wildman–Crippen LogP) is 4.12. The minimum atomic E-state index is -1.31. The van der Waals surface area contributed by atoms with Gasteiger partial charge in [-0.25, -0.2) is 10.2 Å². The van der Waals surface area contributed by atoms with Gasteiger partial charge in [-0.3, -0.25) is 9.59 Å². The highest BCUT2D eigenvalue weighted by molar-refractivity contribution is 6.09. The third kappa shape index (κ3) is 3.65. The van der Waals surface area contributed by atoms with E-state index in [0.29, 0.717) is 32.9 Å². The SMILES string of the molecule is CC1(c2ccccc2)NC(=O)N(NC(=O)c2oc3ccccc3c2COc2ccccc2)C1=O. The Morgan fingerprint density at radius 1 is 0.971 bits per heavy atom. The normalized spacial score (nSPS) is 17.6. The van der Waals surface area contributed by atoms with Crippen LogP contribution in [0, 0.1) is 0 Å². The molecule has 1 aromatic heterocycles. The summed E-state index contributed by atoms with van der Waals surface area (Å²) >= 11 is 0. The van der Waals surface area contributed by atoms with Gasteiger partial charge in [-0.1, -0.05) is 66.7 Å². The molecule has 4 amide bonds. The molecule has 8 heteroatoms. The molecule has 2 N–H and O–H groups in total. The molecule has 4 aromatic rings. The van der Waals surface area contributed by atoms with Crippen molar-refractivity contribution in [2.45, 2.75) is 19.1 Å². The molecule has 2 heterocycles. The zero-order valence-corrected chi connectivity index (χ0v) is 18.3. The number of hydrogen-bond donors (Lipinski definition) is 2. The lowest BCUT2D eigenvalue weighted by Gasteiger charge is -2.22. The lowest BCUT2D eigenvalue weighted by Crippen LogP contribution is -2.48. The molecule has 1 aliphatic rings. The molecule has 0 saturated carbocycles. The lowest BCUT2D eigenvalue weighted by molar-refractivity contribution is -0.132. The van der Waals surface area contributed by atoms with E-state index in [9.17, 15) is 14.4 Å². The van der Waals surface area contributed by atoms with E-state index in [1.807, 2.05) is 36.4 Å². The van der Waals surface area contributed by atoms with Gasteiger partial charge in [-0.05, 0) is 30.7 Å². The van der Waals surface area contributed by atoms with Crippen molar-refractivity contribution in [3.63, 3.8) is 0 Å². The molecule has 170 valence electrons. The van der Waals surface area contributed by atoms with Gasteiger partial charge in [0.2, 0.25) is 5.76 Å². The van der Waals surface area contributed by atoms with Crippen molar-refractivity contribution in [2.24, 2.45) is 0 Å². The highest BCUT2D eigenvalue weighted by Crippen LogP contribution is 2.30. The molecule has 1 fully saturated rings. The summed E-state index contributed by atoms with van der Waals surface area (Å²) in [6.45, 7) is 1.65. The number of imide groups is 1. The molecule has 0 aliphatic carbocycles. The minimum absolute atomic E-state index is 0.0361. The standard InChI is InChI=1S/C26H21N3O5/c1-26(17-10-4-2-5-11-17)24(31)29(25(32)27-26)28-23(30)22-20(16-33-18-12-6-3-7-13-18)19-14-8-9-15-21(19)34-22/h2-15H,16H2,1H3,(H,27,32)(H,28,30). The zero-order chi connectivity index (χ0) is 23.7. The highest BCUT2D eigenvalue weighted by atomic mass is 16.5. The van der Waals surface area contributed by atoms with Gasteiger partial charge in [0.05, 0.1) is 0 Å². The lowest BCUT2D eigenvalue weighted by atomic mass is 9.92. The molecule has 5 rings (SSSR count). The quantitative estimate of drug-likeness (QED) is 0.426. The van der Waals surface area contributed by atoms with E-state index in [2.05, 4.69) is 10.7 Å². The zero-order valence-electron chi connectivity index (χ0n) is 18.3. The van der Waals surface area contributed by atoms with E-state index >= 15 is 0 Å². The number of urea groups is 1. The van der Waals surface area contributed by atoms with Crippen molar-refractivity contribution in [3.8, 4) is 5.75 Å². The Morgan fingerprint density at radius 2 is 1.62 bits per heavy atom. The van der Waals surface area contributed by atoms with Gasteiger partial charge in [0.1, 0.15) is 23.5 Å². The molecular formula is C26H21N3O5. The fourth-order valence-corrected chi connectivity index (χ4v) is 3.96. The maximum absolute atomic E-state index is 13.2. The molecule has 1 aliphatic heterocycles. The van der Waals surface area contributed by atoms with Gasteiger partial charge < -0.3 is 14.5 Å². The van der Waals surface area contributed by atoms with Crippen LogP contribution >= 0.6 is 0 Å². The summed E-state index contributed by atoms with van der Waals surface area (Å²) in [7, 11) is 0. The van der Waals surface area contributed by atoms with Gasteiger partial charge >= 0.3 is 11.9 Å². The van der Waals surface area contributed by atoms with Gasteiger partial charge in [0.25, 0.3) is 5.91 Å². The first-order valence-electron chi connectivity index (χ1n) is 10.7. The number of hydrogen-bond acceptors (Lipinski definition) is 5. The van der Waals surface area contributed by atoms with E-state index < -0.39 is 23.4 Å². The molecule has 1 atom stereocenters. The Balaban J connectivity index is 1.42. The van der Waals surface area contributed by atoms with E-state index in [-0.39, 0.29) is 12.4 Å². The minimum Gasteiger partial charge on any atom is -0.489 e. The summed E-state index contributed by atoms with van der Waals surface area (Å²) in [6, 6.07) is 24.4. The monoisotopic (exact) mass is 455 g/mol. The van der Waals surface area contributed by atoms with Crippen molar-refractivity contribution in [2.75, 3.05) is 0 Å². The number of furan rings is 1. The Bertz CT molecular complexity index is 1380. The number of carbonyl (C=O) groups is 3. The Hall–Kier alpha value is -4.59. The first-order valence-corrected chi connectivity index (χ1v) is 10.7. The number of amides is 4. The van der Waals surface area contributed by atoms with Crippen LogP contribution in [0.3, 0.4) is 0 Å². The molecule has 1 unspecified atom stereocenters. The number of nitrogens with one attached hydrogen (secondary N) is 2. The predicted molar refractivity (Wildman–Crippen MR) is 124 cm³/mol. The second-order valence-electron chi connectivity index (χ2n) is 8.01. The summed E-state index contributed by atoms with van der Waals surface area (Å²) in [4.78, 5) is 39.0. The van der Waals surface area contributed by atoms with Gasteiger partial charge in [-0.2, -0.15) is 5.01 Å². The molecule has 3 aromatic carbocycles. The number of rotatable bonds is 6. The van der Waals surface area contributed by atoms with Crippen LogP contribution in [0.15, 0.2) is 89.3 Å². The number of ether oxygens (including phenoxy) is 1. The number of benzene rings is 3. The van der Waals surface area contributed by atoms with E-state index in [1.54, 1.807) is 55.5 Å². The summed E-state index contributed by atoms with van der Waals surface area (Å²) in [5.41, 5.74) is 2.70. The average molecular weight is 455 g/mol. The van der Waals surface area contributed by atoms with E-state index in [0.717, 1.165) is 0 Å².